The Morgan fingerprint density at radius 3 is 0.987 bits per heavy atom. The molecule has 0 aliphatic carbocycles. The molecule has 0 unspecified atom stereocenters. The largest absolute Gasteiger partial charge is 0.310 e. The Bertz CT molecular complexity index is 4420. The van der Waals surface area contributed by atoms with E-state index >= 15 is 0 Å². The van der Waals surface area contributed by atoms with Gasteiger partial charge in [0.25, 0.3) is 0 Å². The van der Waals surface area contributed by atoms with Gasteiger partial charge in [0.15, 0.2) is 0 Å². The summed E-state index contributed by atoms with van der Waals surface area (Å²) in [5.41, 5.74) is 18.2. The first-order valence-electron chi connectivity index (χ1n) is 26.7. The van der Waals surface area contributed by atoms with Crippen molar-refractivity contribution in [1.82, 2.24) is 9.13 Å². The van der Waals surface area contributed by atoms with E-state index in [9.17, 15) is 0 Å². The van der Waals surface area contributed by atoms with Crippen molar-refractivity contribution in [1.29, 1.82) is 0 Å². The third-order valence-electron chi connectivity index (χ3n) is 15.7. The number of anilines is 6. The zero-order valence-electron chi connectivity index (χ0n) is 42.7. The van der Waals surface area contributed by atoms with Gasteiger partial charge in [-0.05, 0) is 136 Å². The van der Waals surface area contributed by atoms with Crippen molar-refractivity contribution in [2.75, 3.05) is 9.80 Å². The smallest absolute Gasteiger partial charge is 0.0542 e. The third-order valence-corrected chi connectivity index (χ3v) is 15.7. The number of hydrogen-bond donors (Lipinski definition) is 0. The SMILES string of the molecule is c1ccc(-c2ccc(-n3c4ccccc4c4cc(N(c5cccc(N(c6ccc7c(c6)c6ccccc6n7-c6ccc(-c7ccccc7)cc6)c6cccc7ccccc67)c5)c5cccc6ccccc56)ccc43)cc2)cc1. The van der Waals surface area contributed by atoms with Gasteiger partial charge in [0.05, 0.1) is 33.4 Å². The van der Waals surface area contributed by atoms with E-state index in [2.05, 4.69) is 322 Å². The molecule has 0 spiro atoms. The second-order valence-electron chi connectivity index (χ2n) is 20.1. The number of benzene rings is 13. The van der Waals surface area contributed by atoms with E-state index in [1.807, 2.05) is 0 Å². The van der Waals surface area contributed by atoms with Crippen molar-refractivity contribution in [3.63, 3.8) is 0 Å². The fraction of sp³-hybridized carbons (Fsp3) is 0. The van der Waals surface area contributed by atoms with E-state index < -0.39 is 0 Å². The molecule has 2 aromatic heterocycles. The van der Waals surface area contributed by atoms with Gasteiger partial charge in [0.2, 0.25) is 0 Å². The van der Waals surface area contributed by atoms with Crippen LogP contribution < -0.4 is 9.80 Å². The van der Waals surface area contributed by atoms with E-state index in [1.165, 1.54) is 76.4 Å². The molecule has 78 heavy (non-hydrogen) atoms. The molecule has 13 aromatic carbocycles. The Morgan fingerprint density at radius 2 is 0.538 bits per heavy atom. The molecular weight excluding hydrogens is 945 g/mol. The van der Waals surface area contributed by atoms with E-state index in [-0.39, 0.29) is 0 Å². The highest BCUT2D eigenvalue weighted by Gasteiger charge is 2.23. The molecule has 0 saturated carbocycles. The monoisotopic (exact) mass is 994 g/mol. The van der Waals surface area contributed by atoms with Crippen molar-refractivity contribution < 1.29 is 0 Å². The highest BCUT2D eigenvalue weighted by Crippen LogP contribution is 2.47. The molecular formula is C74H50N4. The Hall–Kier alpha value is -10.4. The van der Waals surface area contributed by atoms with Crippen LogP contribution in [0.5, 0.6) is 0 Å². The number of rotatable bonds is 10. The van der Waals surface area contributed by atoms with Gasteiger partial charge in [-0.15, -0.1) is 0 Å². The molecule has 0 N–H and O–H groups in total. The summed E-state index contributed by atoms with van der Waals surface area (Å²) >= 11 is 0. The van der Waals surface area contributed by atoms with E-state index in [1.54, 1.807) is 0 Å². The number of aromatic nitrogens is 2. The molecule has 0 fully saturated rings. The molecule has 0 amide bonds. The molecule has 0 atom stereocenters. The predicted molar refractivity (Wildman–Crippen MR) is 330 cm³/mol. The summed E-state index contributed by atoms with van der Waals surface area (Å²) in [6.45, 7) is 0. The van der Waals surface area contributed by atoms with Crippen LogP contribution in [0.4, 0.5) is 34.1 Å². The van der Waals surface area contributed by atoms with Gasteiger partial charge in [0, 0.05) is 66.4 Å². The maximum absolute atomic E-state index is 2.45. The highest BCUT2D eigenvalue weighted by atomic mass is 15.2. The standard InChI is InChI=1S/C74H50N4/c1-3-18-51(19-4-1)53-36-40-57(41-37-53)77-71-32-13-11-30-65(71)67-49-61(44-46-73(67)77)75(69-34-15-24-55-22-7-9-28-63(55)69)59-26-17-27-60(48-59)76(70-35-16-25-56-23-8-10-29-64(56)70)62-45-47-74-68(50-62)66-31-12-14-33-72(66)78(74)58-42-38-54(39-43-58)52-20-5-2-6-21-52/h1-50H. The topological polar surface area (TPSA) is 16.3 Å². The van der Waals surface area contributed by atoms with Gasteiger partial charge >= 0.3 is 0 Å². The van der Waals surface area contributed by atoms with Gasteiger partial charge in [-0.2, -0.15) is 0 Å². The second kappa shape index (κ2) is 18.7. The molecule has 366 valence electrons. The van der Waals surface area contributed by atoms with Crippen molar-refractivity contribution >= 4 is 99.3 Å². The summed E-state index contributed by atoms with van der Waals surface area (Å²) in [6.07, 6.45) is 0. The van der Waals surface area contributed by atoms with Crippen LogP contribution in [0.1, 0.15) is 0 Å². The zero-order valence-corrected chi connectivity index (χ0v) is 42.7. The van der Waals surface area contributed by atoms with Crippen LogP contribution in [0.25, 0.3) is 98.8 Å². The van der Waals surface area contributed by atoms with Crippen LogP contribution in [0.2, 0.25) is 0 Å². The molecule has 0 saturated heterocycles. The lowest BCUT2D eigenvalue weighted by atomic mass is 10.0. The second-order valence-corrected chi connectivity index (χ2v) is 20.1. The Labute approximate surface area is 452 Å². The van der Waals surface area contributed by atoms with Gasteiger partial charge in [-0.3, -0.25) is 0 Å². The zero-order chi connectivity index (χ0) is 51.5. The summed E-state index contributed by atoms with van der Waals surface area (Å²) in [4.78, 5) is 4.90. The van der Waals surface area contributed by atoms with Crippen molar-refractivity contribution in [3.8, 4) is 33.6 Å². The molecule has 0 bridgehead atoms. The van der Waals surface area contributed by atoms with Crippen LogP contribution in [-0.4, -0.2) is 9.13 Å². The molecule has 0 aliphatic rings. The summed E-state index contributed by atoms with van der Waals surface area (Å²) in [5, 5.41) is 9.51. The van der Waals surface area contributed by atoms with E-state index in [0.717, 1.165) is 56.5 Å². The summed E-state index contributed by atoms with van der Waals surface area (Å²) in [7, 11) is 0. The minimum Gasteiger partial charge on any atom is -0.310 e. The summed E-state index contributed by atoms with van der Waals surface area (Å²) < 4.78 is 4.81. The van der Waals surface area contributed by atoms with Crippen LogP contribution in [0.15, 0.2) is 303 Å². The number of fused-ring (bicyclic) bond motifs is 8. The Kier molecular flexibility index (Phi) is 10.8. The molecule has 15 aromatic rings. The molecule has 0 radical (unpaired) electrons. The van der Waals surface area contributed by atoms with Gasteiger partial charge in [-0.25, -0.2) is 0 Å². The molecule has 4 nitrogen and oxygen atoms in total. The molecule has 2 heterocycles. The van der Waals surface area contributed by atoms with Crippen molar-refractivity contribution in [2.45, 2.75) is 0 Å². The Balaban J connectivity index is 0.907. The lowest BCUT2D eigenvalue weighted by Gasteiger charge is -2.30. The van der Waals surface area contributed by atoms with Crippen molar-refractivity contribution in [3.05, 3.63) is 303 Å². The third kappa shape index (κ3) is 7.61. The lowest BCUT2D eigenvalue weighted by molar-refractivity contribution is 1.18. The van der Waals surface area contributed by atoms with E-state index in [4.69, 9.17) is 0 Å². The normalized spacial score (nSPS) is 11.6. The van der Waals surface area contributed by atoms with Crippen molar-refractivity contribution in [2.24, 2.45) is 0 Å². The predicted octanol–water partition coefficient (Wildman–Crippen LogP) is 20.5. The quantitative estimate of drug-likeness (QED) is 0.136. The van der Waals surface area contributed by atoms with Crippen LogP contribution >= 0.6 is 0 Å². The average molecular weight is 995 g/mol. The summed E-state index contributed by atoms with van der Waals surface area (Å²) in [5.74, 6) is 0. The summed E-state index contributed by atoms with van der Waals surface area (Å²) in [6, 6.07) is 111. The minimum absolute atomic E-state index is 1.05. The highest BCUT2D eigenvalue weighted by molar-refractivity contribution is 6.13. The molecule has 0 aliphatic heterocycles. The van der Waals surface area contributed by atoms with Gasteiger partial charge in [-0.1, -0.05) is 200 Å². The minimum atomic E-state index is 1.05. The maximum Gasteiger partial charge on any atom is 0.0542 e. The fourth-order valence-corrected chi connectivity index (χ4v) is 12.1. The van der Waals surface area contributed by atoms with Crippen LogP contribution in [-0.2, 0) is 0 Å². The van der Waals surface area contributed by atoms with Crippen LogP contribution in [0, 0.1) is 0 Å². The first-order chi connectivity index (χ1) is 38.7. The van der Waals surface area contributed by atoms with Crippen LogP contribution in [0.3, 0.4) is 0 Å². The lowest BCUT2D eigenvalue weighted by Crippen LogP contribution is -2.14. The molecule has 15 rings (SSSR count). The van der Waals surface area contributed by atoms with Gasteiger partial charge in [0.1, 0.15) is 0 Å². The first-order valence-corrected chi connectivity index (χ1v) is 26.7. The first kappa shape index (κ1) is 45.0. The average Bonchev–Trinajstić information content (AvgIpc) is 4.06. The molecule has 4 heteroatoms. The Morgan fingerprint density at radius 1 is 0.205 bits per heavy atom. The van der Waals surface area contributed by atoms with E-state index in [0.29, 0.717) is 0 Å². The van der Waals surface area contributed by atoms with Gasteiger partial charge < -0.3 is 18.9 Å². The number of nitrogens with zero attached hydrogens (tertiary/aromatic N) is 4. The maximum atomic E-state index is 2.45. The number of hydrogen-bond acceptors (Lipinski definition) is 2. The fourth-order valence-electron chi connectivity index (χ4n) is 12.1. The number of para-hydroxylation sites is 2.